The number of methoxy groups -OCH3 is 1. The van der Waals surface area contributed by atoms with Crippen LogP contribution in [0.4, 0.5) is 10.5 Å². The second kappa shape index (κ2) is 6.84. The molecule has 1 heterocycles. The van der Waals surface area contributed by atoms with E-state index in [0.717, 1.165) is 55.3 Å². The topological polar surface area (TPSA) is 97.4 Å². The SMILES string of the molecule is COc1ncccc1S(=O)(=O)NC(=O)Nc1c2c(cc3c1CCC3)CCC2. The molecule has 8 heteroatoms. The Morgan fingerprint density at radius 2 is 1.78 bits per heavy atom. The summed E-state index contributed by atoms with van der Waals surface area (Å²) in [7, 11) is -2.77. The minimum Gasteiger partial charge on any atom is -0.480 e. The van der Waals surface area contributed by atoms with Crippen LogP contribution in [0.3, 0.4) is 0 Å². The number of hydrogen-bond acceptors (Lipinski definition) is 5. The molecule has 0 saturated heterocycles. The number of ether oxygens (including phenoxy) is 1. The number of rotatable bonds is 4. The standard InChI is InChI=1S/C19H21N3O4S/c1-26-18-16(9-4-10-20-18)27(24,25)22-19(23)21-17-14-7-2-5-12(14)11-13-6-3-8-15(13)17/h4,9-11H,2-3,5-8H2,1H3,(H2,21,22,23). The molecule has 2 aromatic rings. The van der Waals surface area contributed by atoms with Gasteiger partial charge in [-0.25, -0.2) is 22.9 Å². The van der Waals surface area contributed by atoms with E-state index in [4.69, 9.17) is 4.74 Å². The average molecular weight is 387 g/mol. The summed E-state index contributed by atoms with van der Waals surface area (Å²) in [6.45, 7) is 0. The predicted octanol–water partition coefficient (Wildman–Crippen LogP) is 2.58. The first-order valence-corrected chi connectivity index (χ1v) is 10.5. The molecule has 0 spiro atoms. The molecule has 0 atom stereocenters. The van der Waals surface area contributed by atoms with Crippen LogP contribution in [0.5, 0.6) is 5.88 Å². The third-order valence-corrected chi connectivity index (χ3v) is 6.50. The van der Waals surface area contributed by atoms with Gasteiger partial charge >= 0.3 is 6.03 Å². The average Bonchev–Trinajstić information content (AvgIpc) is 3.30. The van der Waals surface area contributed by atoms with Gasteiger partial charge in [0.05, 0.1) is 7.11 Å². The maximum atomic E-state index is 12.6. The molecule has 2 aliphatic carbocycles. The molecule has 2 amide bonds. The number of carbonyl (C=O) groups is 1. The molecule has 0 unspecified atom stereocenters. The van der Waals surface area contributed by atoms with Crippen LogP contribution in [-0.4, -0.2) is 26.5 Å². The number of nitrogens with one attached hydrogen (secondary N) is 2. The van der Waals surface area contributed by atoms with Crippen molar-refractivity contribution in [2.45, 2.75) is 43.4 Å². The Bertz CT molecular complexity index is 986. The van der Waals surface area contributed by atoms with Gasteiger partial charge in [-0.05, 0) is 72.9 Å². The van der Waals surface area contributed by atoms with Crippen molar-refractivity contribution in [1.82, 2.24) is 9.71 Å². The summed E-state index contributed by atoms with van der Waals surface area (Å²) >= 11 is 0. The van der Waals surface area contributed by atoms with Crippen LogP contribution in [0.2, 0.25) is 0 Å². The van der Waals surface area contributed by atoms with Crippen LogP contribution in [0.15, 0.2) is 29.3 Å². The molecule has 0 fully saturated rings. The molecule has 0 bridgehead atoms. The Morgan fingerprint density at radius 1 is 1.11 bits per heavy atom. The van der Waals surface area contributed by atoms with Gasteiger partial charge in [-0.15, -0.1) is 0 Å². The van der Waals surface area contributed by atoms with Crippen molar-refractivity contribution in [3.05, 3.63) is 46.6 Å². The highest BCUT2D eigenvalue weighted by molar-refractivity contribution is 7.90. The van der Waals surface area contributed by atoms with E-state index in [1.54, 1.807) is 0 Å². The number of amides is 2. The van der Waals surface area contributed by atoms with Gasteiger partial charge in [0.2, 0.25) is 5.88 Å². The van der Waals surface area contributed by atoms with Gasteiger partial charge in [0.15, 0.2) is 0 Å². The fraction of sp³-hybridized carbons (Fsp3) is 0.368. The van der Waals surface area contributed by atoms with Crippen LogP contribution < -0.4 is 14.8 Å². The number of aromatic nitrogens is 1. The molecule has 0 aliphatic heterocycles. The fourth-order valence-electron chi connectivity index (χ4n) is 4.02. The lowest BCUT2D eigenvalue weighted by atomic mass is 9.99. The van der Waals surface area contributed by atoms with Crippen LogP contribution in [0.1, 0.15) is 35.1 Å². The lowest BCUT2D eigenvalue weighted by molar-refractivity contribution is 0.256. The number of hydrogen-bond donors (Lipinski definition) is 2. The van der Waals surface area contributed by atoms with E-state index in [1.807, 2.05) is 0 Å². The van der Waals surface area contributed by atoms with Crippen molar-refractivity contribution < 1.29 is 17.9 Å². The Balaban J connectivity index is 1.61. The van der Waals surface area contributed by atoms with E-state index in [0.29, 0.717) is 0 Å². The van der Waals surface area contributed by atoms with Crippen molar-refractivity contribution in [3.63, 3.8) is 0 Å². The van der Waals surface area contributed by atoms with Crippen LogP contribution in [0, 0.1) is 0 Å². The number of sulfonamides is 1. The first-order valence-electron chi connectivity index (χ1n) is 8.99. The monoisotopic (exact) mass is 387 g/mol. The first kappa shape index (κ1) is 17.8. The molecule has 7 nitrogen and oxygen atoms in total. The molecule has 2 N–H and O–H groups in total. The Kier molecular flexibility index (Phi) is 4.51. The van der Waals surface area contributed by atoms with Crippen molar-refractivity contribution in [2.75, 3.05) is 12.4 Å². The van der Waals surface area contributed by atoms with Crippen LogP contribution in [-0.2, 0) is 35.7 Å². The minimum atomic E-state index is -4.10. The molecule has 1 aromatic carbocycles. The van der Waals surface area contributed by atoms with Crippen LogP contribution in [0.25, 0.3) is 0 Å². The normalized spacial score (nSPS) is 15.1. The summed E-state index contributed by atoms with van der Waals surface area (Å²) in [6.07, 6.45) is 7.35. The number of fused-ring (bicyclic) bond motifs is 2. The van der Waals surface area contributed by atoms with Gasteiger partial charge in [0.1, 0.15) is 4.90 Å². The van der Waals surface area contributed by atoms with Gasteiger partial charge in [0, 0.05) is 11.9 Å². The number of nitrogens with zero attached hydrogens (tertiary/aromatic N) is 1. The third kappa shape index (κ3) is 3.25. The summed E-state index contributed by atoms with van der Waals surface area (Å²) in [6, 6.07) is 4.31. The van der Waals surface area contributed by atoms with Gasteiger partial charge in [-0.2, -0.15) is 0 Å². The number of aryl methyl sites for hydroxylation is 2. The number of benzene rings is 1. The van der Waals surface area contributed by atoms with E-state index in [9.17, 15) is 13.2 Å². The smallest absolute Gasteiger partial charge is 0.333 e. The largest absolute Gasteiger partial charge is 0.480 e. The minimum absolute atomic E-state index is 0.0562. The van der Waals surface area contributed by atoms with Crippen molar-refractivity contribution in [2.24, 2.45) is 0 Å². The van der Waals surface area contributed by atoms with Crippen molar-refractivity contribution in [3.8, 4) is 5.88 Å². The number of urea groups is 1. The molecule has 0 radical (unpaired) electrons. The zero-order valence-electron chi connectivity index (χ0n) is 15.0. The van der Waals surface area contributed by atoms with Gasteiger partial charge in [-0.1, -0.05) is 6.07 Å². The van der Waals surface area contributed by atoms with Crippen LogP contribution >= 0.6 is 0 Å². The molecule has 4 rings (SSSR count). The molecular formula is C19H21N3O4S. The lowest BCUT2D eigenvalue weighted by Crippen LogP contribution is -2.35. The van der Waals surface area contributed by atoms with E-state index >= 15 is 0 Å². The summed E-state index contributed by atoms with van der Waals surface area (Å²) < 4.78 is 32.2. The number of carbonyl (C=O) groups excluding carboxylic acids is 1. The first-order chi connectivity index (χ1) is 13.0. The summed E-state index contributed by atoms with van der Waals surface area (Å²) in [4.78, 5) is 16.2. The number of pyridine rings is 1. The molecular weight excluding hydrogens is 366 g/mol. The Labute approximate surface area is 158 Å². The summed E-state index contributed by atoms with van der Waals surface area (Å²) in [5.74, 6) is -0.0562. The maximum Gasteiger partial charge on any atom is 0.333 e. The second-order valence-electron chi connectivity index (χ2n) is 6.80. The van der Waals surface area contributed by atoms with Gasteiger partial charge in [-0.3, -0.25) is 0 Å². The van der Waals surface area contributed by atoms with Crippen molar-refractivity contribution in [1.29, 1.82) is 0 Å². The zero-order valence-corrected chi connectivity index (χ0v) is 15.9. The molecule has 2 aliphatic rings. The summed E-state index contributed by atoms with van der Waals surface area (Å²) in [5.41, 5.74) is 5.61. The highest BCUT2D eigenvalue weighted by Crippen LogP contribution is 2.38. The highest BCUT2D eigenvalue weighted by atomic mass is 32.2. The third-order valence-electron chi connectivity index (χ3n) is 5.16. The van der Waals surface area contributed by atoms with Crippen molar-refractivity contribution >= 4 is 21.7 Å². The van der Waals surface area contributed by atoms with E-state index in [2.05, 4.69) is 21.1 Å². The molecule has 1 aromatic heterocycles. The highest BCUT2D eigenvalue weighted by Gasteiger charge is 2.27. The van der Waals surface area contributed by atoms with E-state index in [1.165, 1.54) is 36.6 Å². The van der Waals surface area contributed by atoms with Gasteiger partial charge < -0.3 is 10.1 Å². The zero-order chi connectivity index (χ0) is 19.0. The van der Waals surface area contributed by atoms with E-state index in [-0.39, 0.29) is 10.8 Å². The Morgan fingerprint density at radius 3 is 2.41 bits per heavy atom. The fourth-order valence-corrected chi connectivity index (χ4v) is 5.05. The molecule has 0 saturated carbocycles. The Hall–Kier alpha value is -2.61. The van der Waals surface area contributed by atoms with E-state index < -0.39 is 16.1 Å². The maximum absolute atomic E-state index is 12.6. The number of anilines is 1. The summed E-state index contributed by atoms with van der Waals surface area (Å²) in [5, 5.41) is 2.82. The van der Waals surface area contributed by atoms with Gasteiger partial charge in [0.25, 0.3) is 10.0 Å². The lowest BCUT2D eigenvalue weighted by Gasteiger charge is -2.17. The molecule has 27 heavy (non-hydrogen) atoms. The predicted molar refractivity (Wildman–Crippen MR) is 101 cm³/mol. The quantitative estimate of drug-likeness (QED) is 0.840. The molecule has 142 valence electrons. The second-order valence-corrected chi connectivity index (χ2v) is 8.46.